The first kappa shape index (κ1) is 15.9. The third kappa shape index (κ3) is 3.38. The third-order valence-corrected chi connectivity index (χ3v) is 5.11. The fourth-order valence-corrected chi connectivity index (χ4v) is 4.37. The van der Waals surface area contributed by atoms with E-state index >= 15 is 0 Å². The van der Waals surface area contributed by atoms with Crippen molar-refractivity contribution < 1.29 is 8.42 Å². The number of hydrogen-bond donors (Lipinski definition) is 1. The first-order chi connectivity index (χ1) is 9.31. The zero-order valence-electron chi connectivity index (χ0n) is 9.57. The molecule has 9 heteroatoms. The van der Waals surface area contributed by atoms with Crippen molar-refractivity contribution in [3.63, 3.8) is 0 Å². The summed E-state index contributed by atoms with van der Waals surface area (Å²) in [6.45, 7) is 0. The van der Waals surface area contributed by atoms with E-state index in [-0.39, 0.29) is 25.8 Å². The zero-order chi connectivity index (χ0) is 14.9. The molecule has 0 saturated heterocycles. The SMILES string of the molecule is O=S(=O)(Nc1c(Cl)cc(Br)cc1Cl)c1cccnc1Cl. The number of benzene rings is 1. The Balaban J connectivity index is 2.47. The van der Waals surface area contributed by atoms with E-state index in [1.807, 2.05) is 0 Å². The van der Waals surface area contributed by atoms with Gasteiger partial charge in [-0.3, -0.25) is 4.72 Å². The minimum absolute atomic E-state index is 0.0800. The quantitative estimate of drug-likeness (QED) is 0.744. The molecule has 0 amide bonds. The highest BCUT2D eigenvalue weighted by molar-refractivity contribution is 9.10. The average molecular weight is 417 g/mol. The molecule has 0 saturated carbocycles. The summed E-state index contributed by atoms with van der Waals surface area (Å²) < 4.78 is 27.4. The molecule has 1 aromatic heterocycles. The number of hydrogen-bond acceptors (Lipinski definition) is 3. The molecule has 0 aliphatic heterocycles. The molecular weight excluding hydrogens is 410 g/mol. The molecule has 0 spiro atoms. The summed E-state index contributed by atoms with van der Waals surface area (Å²) in [4.78, 5) is 3.56. The molecule has 0 radical (unpaired) electrons. The highest BCUT2D eigenvalue weighted by Crippen LogP contribution is 2.35. The van der Waals surface area contributed by atoms with E-state index in [4.69, 9.17) is 34.8 Å². The van der Waals surface area contributed by atoms with Crippen LogP contribution in [0.25, 0.3) is 0 Å². The van der Waals surface area contributed by atoms with Gasteiger partial charge in [0.1, 0.15) is 10.0 Å². The predicted octanol–water partition coefficient (Wildman–Crippen LogP) is 4.61. The number of anilines is 1. The van der Waals surface area contributed by atoms with Gasteiger partial charge in [-0.05, 0) is 24.3 Å². The number of nitrogens with zero attached hydrogens (tertiary/aromatic N) is 1. The first-order valence-corrected chi connectivity index (χ1v) is 8.50. The van der Waals surface area contributed by atoms with Gasteiger partial charge in [-0.2, -0.15) is 0 Å². The lowest BCUT2D eigenvalue weighted by Gasteiger charge is -2.12. The highest BCUT2D eigenvalue weighted by Gasteiger charge is 2.21. The maximum absolute atomic E-state index is 12.2. The number of pyridine rings is 1. The summed E-state index contributed by atoms with van der Waals surface area (Å²) in [7, 11) is -3.93. The third-order valence-electron chi connectivity index (χ3n) is 2.26. The van der Waals surface area contributed by atoms with Crippen LogP contribution >= 0.6 is 50.7 Å². The molecule has 4 nitrogen and oxygen atoms in total. The van der Waals surface area contributed by atoms with Gasteiger partial charge in [-0.25, -0.2) is 13.4 Å². The molecule has 1 aromatic carbocycles. The lowest BCUT2D eigenvalue weighted by molar-refractivity contribution is 0.601. The van der Waals surface area contributed by atoms with Crippen LogP contribution in [0.4, 0.5) is 5.69 Å². The summed E-state index contributed by atoms with van der Waals surface area (Å²) in [5.41, 5.74) is 0.0800. The van der Waals surface area contributed by atoms with E-state index in [0.29, 0.717) is 4.47 Å². The van der Waals surface area contributed by atoms with Crippen LogP contribution in [0.3, 0.4) is 0 Å². The molecule has 0 atom stereocenters. The van der Waals surface area contributed by atoms with E-state index in [1.54, 1.807) is 0 Å². The monoisotopic (exact) mass is 414 g/mol. The molecule has 2 rings (SSSR count). The summed E-state index contributed by atoms with van der Waals surface area (Å²) in [6.07, 6.45) is 1.39. The van der Waals surface area contributed by atoms with Crippen LogP contribution in [-0.2, 0) is 10.0 Å². The Morgan fingerprint density at radius 1 is 1.15 bits per heavy atom. The molecule has 1 N–H and O–H groups in total. The van der Waals surface area contributed by atoms with Gasteiger partial charge in [-0.15, -0.1) is 0 Å². The van der Waals surface area contributed by atoms with Gasteiger partial charge >= 0.3 is 0 Å². The summed E-state index contributed by atoms with van der Waals surface area (Å²) in [5, 5.41) is 0.185. The Labute approximate surface area is 139 Å². The Hall–Kier alpha value is -0.530. The second-order valence-electron chi connectivity index (χ2n) is 3.64. The van der Waals surface area contributed by atoms with Gasteiger partial charge in [0.2, 0.25) is 0 Å². The van der Waals surface area contributed by atoms with Crippen LogP contribution in [0.5, 0.6) is 0 Å². The van der Waals surface area contributed by atoms with E-state index in [0.717, 1.165) is 0 Å². The van der Waals surface area contributed by atoms with Crippen molar-refractivity contribution in [1.82, 2.24) is 4.98 Å². The molecule has 0 bridgehead atoms. The van der Waals surface area contributed by atoms with Crippen molar-refractivity contribution in [2.24, 2.45) is 0 Å². The summed E-state index contributed by atoms with van der Waals surface area (Å²) in [6, 6.07) is 5.84. The van der Waals surface area contributed by atoms with Gasteiger partial charge in [0.15, 0.2) is 0 Å². The van der Waals surface area contributed by atoms with Gasteiger partial charge in [0, 0.05) is 10.7 Å². The number of sulfonamides is 1. The summed E-state index contributed by atoms with van der Waals surface area (Å²) >= 11 is 20.9. The minimum Gasteiger partial charge on any atom is -0.276 e. The number of halogens is 4. The largest absolute Gasteiger partial charge is 0.276 e. The normalized spacial score (nSPS) is 11.4. The standard InChI is InChI=1S/C11H6BrCl3N2O2S/c12-6-4-7(13)10(8(14)5-6)17-20(18,19)9-2-1-3-16-11(9)15/h1-5,17H. The number of aromatic nitrogens is 1. The van der Waals surface area contributed by atoms with Crippen LogP contribution in [0, 0.1) is 0 Å². The number of rotatable bonds is 3. The molecule has 106 valence electrons. The Kier molecular flexibility index (Phi) is 4.81. The van der Waals surface area contributed by atoms with Gasteiger partial charge < -0.3 is 0 Å². The van der Waals surface area contributed by atoms with Crippen LogP contribution in [-0.4, -0.2) is 13.4 Å². The molecule has 1 heterocycles. The van der Waals surface area contributed by atoms with E-state index in [1.165, 1.54) is 30.5 Å². The van der Waals surface area contributed by atoms with Gasteiger partial charge in [0.25, 0.3) is 10.0 Å². The fourth-order valence-electron chi connectivity index (χ4n) is 1.40. The van der Waals surface area contributed by atoms with Crippen molar-refractivity contribution in [3.8, 4) is 0 Å². The molecule has 0 aliphatic rings. The van der Waals surface area contributed by atoms with Crippen LogP contribution in [0.15, 0.2) is 39.8 Å². The molecule has 0 aliphatic carbocycles. The maximum Gasteiger partial charge on any atom is 0.265 e. The molecule has 0 unspecified atom stereocenters. The first-order valence-electron chi connectivity index (χ1n) is 5.09. The highest BCUT2D eigenvalue weighted by atomic mass is 79.9. The smallest absolute Gasteiger partial charge is 0.265 e. The lowest BCUT2D eigenvalue weighted by atomic mass is 10.3. The topological polar surface area (TPSA) is 59.1 Å². The second-order valence-corrected chi connectivity index (χ2v) is 7.38. The van der Waals surface area contributed by atoms with Crippen molar-refractivity contribution in [2.45, 2.75) is 4.90 Å². The van der Waals surface area contributed by atoms with E-state index < -0.39 is 10.0 Å². The Morgan fingerprint density at radius 3 is 2.30 bits per heavy atom. The molecular formula is C11H6BrCl3N2O2S. The maximum atomic E-state index is 12.2. The predicted molar refractivity (Wildman–Crippen MR) is 84.2 cm³/mol. The van der Waals surface area contributed by atoms with Gasteiger partial charge in [-0.1, -0.05) is 50.7 Å². The second kappa shape index (κ2) is 6.07. The van der Waals surface area contributed by atoms with E-state index in [9.17, 15) is 8.42 Å². The summed E-state index contributed by atoms with van der Waals surface area (Å²) in [5.74, 6) is 0. The van der Waals surface area contributed by atoms with Crippen molar-refractivity contribution in [3.05, 3.63) is 50.1 Å². The van der Waals surface area contributed by atoms with Crippen molar-refractivity contribution in [1.29, 1.82) is 0 Å². The van der Waals surface area contributed by atoms with E-state index in [2.05, 4.69) is 25.6 Å². The van der Waals surface area contributed by atoms with Crippen LogP contribution < -0.4 is 4.72 Å². The van der Waals surface area contributed by atoms with Crippen molar-refractivity contribution in [2.75, 3.05) is 4.72 Å². The Bertz CT molecular complexity index is 745. The van der Waals surface area contributed by atoms with Gasteiger partial charge in [0.05, 0.1) is 15.7 Å². The minimum atomic E-state index is -3.93. The van der Waals surface area contributed by atoms with Crippen molar-refractivity contribution >= 4 is 66.4 Å². The Morgan fingerprint density at radius 2 is 1.75 bits per heavy atom. The fraction of sp³-hybridized carbons (Fsp3) is 0. The molecule has 20 heavy (non-hydrogen) atoms. The zero-order valence-corrected chi connectivity index (χ0v) is 14.2. The lowest BCUT2D eigenvalue weighted by Crippen LogP contribution is -2.14. The van der Waals surface area contributed by atoms with Crippen LogP contribution in [0.1, 0.15) is 0 Å². The van der Waals surface area contributed by atoms with Crippen LogP contribution in [0.2, 0.25) is 15.2 Å². The molecule has 0 fully saturated rings. The average Bonchev–Trinajstić information content (AvgIpc) is 2.34. The molecule has 2 aromatic rings. The number of nitrogens with one attached hydrogen (secondary N) is 1.